The van der Waals surface area contributed by atoms with Gasteiger partial charge in [0.1, 0.15) is 5.69 Å². The minimum atomic E-state index is -0.288. The van der Waals surface area contributed by atoms with Gasteiger partial charge in [-0.2, -0.15) is 0 Å². The van der Waals surface area contributed by atoms with Gasteiger partial charge >= 0.3 is 0 Å². The molecule has 6 heteroatoms. The molecule has 2 amide bonds. The fourth-order valence-electron chi connectivity index (χ4n) is 3.53. The zero-order valence-corrected chi connectivity index (χ0v) is 16.2. The van der Waals surface area contributed by atoms with Gasteiger partial charge in [-0.1, -0.05) is 30.3 Å². The van der Waals surface area contributed by atoms with Crippen molar-refractivity contribution in [3.05, 3.63) is 83.7 Å². The number of nitrogens with one attached hydrogen (secondary N) is 2. The number of anilines is 3. The molecule has 146 valence electrons. The Bertz CT molecular complexity index is 1060. The van der Waals surface area contributed by atoms with E-state index in [0.717, 1.165) is 25.2 Å². The third-order valence-corrected chi connectivity index (χ3v) is 4.91. The van der Waals surface area contributed by atoms with Crippen molar-refractivity contribution < 1.29 is 9.59 Å². The molecule has 3 aromatic rings. The lowest BCUT2D eigenvalue weighted by atomic mass is 9.99. The Kier molecular flexibility index (Phi) is 5.24. The van der Waals surface area contributed by atoms with Crippen LogP contribution in [0.2, 0.25) is 0 Å². The summed E-state index contributed by atoms with van der Waals surface area (Å²) in [6, 6.07) is 19.2. The summed E-state index contributed by atoms with van der Waals surface area (Å²) in [7, 11) is 0. The number of carbonyl (C=O) groups is 2. The van der Waals surface area contributed by atoms with Crippen LogP contribution < -0.4 is 15.5 Å². The maximum absolute atomic E-state index is 12.7. The van der Waals surface area contributed by atoms with Crippen molar-refractivity contribution in [2.75, 3.05) is 22.1 Å². The molecule has 0 saturated heterocycles. The molecule has 4 rings (SSSR count). The van der Waals surface area contributed by atoms with E-state index in [1.54, 1.807) is 30.5 Å². The summed E-state index contributed by atoms with van der Waals surface area (Å²) < 4.78 is 0. The molecular weight excluding hydrogens is 364 g/mol. The average molecular weight is 386 g/mol. The van der Waals surface area contributed by atoms with Crippen molar-refractivity contribution in [1.29, 1.82) is 0 Å². The van der Waals surface area contributed by atoms with Crippen LogP contribution in [0.25, 0.3) is 0 Å². The maximum atomic E-state index is 12.7. The summed E-state index contributed by atoms with van der Waals surface area (Å²) in [6.45, 7) is 3.17. The number of pyridine rings is 1. The number of benzene rings is 2. The molecule has 0 atom stereocenters. The SMILES string of the molecule is CC(=O)Nc1cccc(NC(=O)c2cc(N3CCc4ccccc4C3)ccn2)c1. The molecule has 1 aromatic heterocycles. The fourth-order valence-corrected chi connectivity index (χ4v) is 3.53. The normalized spacial score (nSPS) is 12.8. The van der Waals surface area contributed by atoms with E-state index < -0.39 is 0 Å². The molecule has 0 aliphatic carbocycles. The Balaban J connectivity index is 1.49. The van der Waals surface area contributed by atoms with Crippen LogP contribution in [0.1, 0.15) is 28.5 Å². The summed E-state index contributed by atoms with van der Waals surface area (Å²) in [5.74, 6) is -0.449. The number of nitrogens with zero attached hydrogens (tertiary/aromatic N) is 2. The molecule has 0 fully saturated rings. The van der Waals surface area contributed by atoms with Gasteiger partial charge < -0.3 is 15.5 Å². The Labute approximate surface area is 169 Å². The van der Waals surface area contributed by atoms with Crippen molar-refractivity contribution in [3.8, 4) is 0 Å². The van der Waals surface area contributed by atoms with Gasteiger partial charge in [0.25, 0.3) is 5.91 Å². The first-order valence-electron chi connectivity index (χ1n) is 9.55. The third-order valence-electron chi connectivity index (χ3n) is 4.91. The molecule has 6 nitrogen and oxygen atoms in total. The molecule has 1 aliphatic rings. The molecule has 0 unspecified atom stereocenters. The third kappa shape index (κ3) is 4.43. The Morgan fingerprint density at radius 3 is 2.48 bits per heavy atom. The lowest BCUT2D eigenvalue weighted by Crippen LogP contribution is -2.30. The molecule has 0 saturated carbocycles. The highest BCUT2D eigenvalue weighted by Gasteiger charge is 2.18. The monoisotopic (exact) mass is 386 g/mol. The van der Waals surface area contributed by atoms with E-state index in [-0.39, 0.29) is 11.8 Å². The smallest absolute Gasteiger partial charge is 0.274 e. The highest BCUT2D eigenvalue weighted by atomic mass is 16.2. The second-order valence-electron chi connectivity index (χ2n) is 7.06. The van der Waals surface area contributed by atoms with Crippen molar-refractivity contribution in [3.63, 3.8) is 0 Å². The second-order valence-corrected chi connectivity index (χ2v) is 7.06. The van der Waals surface area contributed by atoms with Crippen molar-refractivity contribution in [1.82, 2.24) is 4.98 Å². The van der Waals surface area contributed by atoms with Crippen molar-refractivity contribution >= 4 is 28.9 Å². The molecule has 1 aliphatic heterocycles. The van der Waals surface area contributed by atoms with E-state index in [0.29, 0.717) is 17.1 Å². The summed E-state index contributed by atoms with van der Waals surface area (Å²) in [5, 5.41) is 5.55. The van der Waals surface area contributed by atoms with E-state index >= 15 is 0 Å². The molecule has 0 radical (unpaired) electrons. The Morgan fingerprint density at radius 1 is 0.931 bits per heavy atom. The van der Waals surface area contributed by atoms with Gasteiger partial charge in [0.05, 0.1) is 0 Å². The number of fused-ring (bicyclic) bond motifs is 1. The molecule has 2 aromatic carbocycles. The highest BCUT2D eigenvalue weighted by molar-refractivity contribution is 6.03. The highest BCUT2D eigenvalue weighted by Crippen LogP contribution is 2.25. The Hall–Kier alpha value is -3.67. The molecule has 2 heterocycles. The first-order chi connectivity index (χ1) is 14.1. The van der Waals surface area contributed by atoms with Gasteiger partial charge in [-0.25, -0.2) is 0 Å². The van der Waals surface area contributed by atoms with Gasteiger partial charge in [-0.15, -0.1) is 0 Å². The zero-order chi connectivity index (χ0) is 20.2. The van der Waals surface area contributed by atoms with Crippen LogP contribution in [0.4, 0.5) is 17.1 Å². The second kappa shape index (κ2) is 8.14. The van der Waals surface area contributed by atoms with E-state index in [4.69, 9.17) is 0 Å². The Morgan fingerprint density at radius 2 is 1.69 bits per heavy atom. The summed E-state index contributed by atoms with van der Waals surface area (Å²) in [5.41, 5.74) is 5.26. The number of hydrogen-bond donors (Lipinski definition) is 2. The van der Waals surface area contributed by atoms with Gasteiger partial charge in [-0.05, 0) is 47.9 Å². The number of aromatic nitrogens is 1. The summed E-state index contributed by atoms with van der Waals surface area (Å²) >= 11 is 0. The molecule has 0 bridgehead atoms. The van der Waals surface area contributed by atoms with Gasteiger partial charge in [0.15, 0.2) is 0 Å². The predicted octanol–water partition coefficient (Wildman–Crippen LogP) is 3.86. The molecule has 29 heavy (non-hydrogen) atoms. The van der Waals surface area contributed by atoms with Crippen LogP contribution in [0.5, 0.6) is 0 Å². The van der Waals surface area contributed by atoms with Crippen LogP contribution >= 0.6 is 0 Å². The van der Waals surface area contributed by atoms with Crippen LogP contribution in [0, 0.1) is 0 Å². The number of hydrogen-bond acceptors (Lipinski definition) is 4. The number of rotatable bonds is 4. The van der Waals surface area contributed by atoms with Crippen molar-refractivity contribution in [2.45, 2.75) is 19.9 Å². The lowest BCUT2D eigenvalue weighted by molar-refractivity contribution is -0.114. The standard InChI is InChI=1S/C23H22N4O2/c1-16(28)25-19-7-4-8-20(13-19)26-23(29)22-14-21(9-11-24-22)27-12-10-17-5-2-3-6-18(17)15-27/h2-9,11,13-14H,10,12,15H2,1H3,(H,25,28)(H,26,29). The average Bonchev–Trinajstić information content (AvgIpc) is 2.73. The zero-order valence-electron chi connectivity index (χ0n) is 16.2. The fraction of sp³-hybridized carbons (Fsp3) is 0.174. The van der Waals surface area contributed by atoms with E-state index in [1.807, 2.05) is 12.1 Å². The topological polar surface area (TPSA) is 74.3 Å². The lowest BCUT2D eigenvalue weighted by Gasteiger charge is -2.30. The van der Waals surface area contributed by atoms with Crippen LogP contribution in [-0.2, 0) is 17.8 Å². The predicted molar refractivity (Wildman–Crippen MR) is 114 cm³/mol. The molecule has 0 spiro atoms. The van der Waals surface area contributed by atoms with Gasteiger partial charge in [0, 0.05) is 43.3 Å². The number of amides is 2. The largest absolute Gasteiger partial charge is 0.367 e. The van der Waals surface area contributed by atoms with Crippen LogP contribution in [0.3, 0.4) is 0 Å². The first kappa shape index (κ1) is 18.7. The molecular formula is C23H22N4O2. The minimum Gasteiger partial charge on any atom is -0.367 e. The molecule has 2 N–H and O–H groups in total. The van der Waals surface area contributed by atoms with Crippen molar-refractivity contribution in [2.24, 2.45) is 0 Å². The van der Waals surface area contributed by atoms with Gasteiger partial charge in [0.2, 0.25) is 5.91 Å². The van der Waals surface area contributed by atoms with E-state index in [9.17, 15) is 9.59 Å². The van der Waals surface area contributed by atoms with E-state index in [1.165, 1.54) is 18.1 Å². The van der Waals surface area contributed by atoms with Crippen LogP contribution in [-0.4, -0.2) is 23.3 Å². The van der Waals surface area contributed by atoms with Gasteiger partial charge in [-0.3, -0.25) is 14.6 Å². The van der Waals surface area contributed by atoms with E-state index in [2.05, 4.69) is 44.8 Å². The quantitative estimate of drug-likeness (QED) is 0.714. The summed E-state index contributed by atoms with van der Waals surface area (Å²) in [6.07, 6.45) is 2.65. The minimum absolute atomic E-state index is 0.161. The maximum Gasteiger partial charge on any atom is 0.274 e. The number of carbonyl (C=O) groups excluding carboxylic acids is 2. The summed E-state index contributed by atoms with van der Waals surface area (Å²) in [4.78, 5) is 30.4. The first-order valence-corrected chi connectivity index (χ1v) is 9.55. The van der Waals surface area contributed by atoms with Crippen LogP contribution in [0.15, 0.2) is 66.9 Å².